The molecule has 5 nitrogen and oxygen atoms in total. The molecule has 28 heavy (non-hydrogen) atoms. The van der Waals surface area contributed by atoms with Gasteiger partial charge in [-0.1, -0.05) is 38.1 Å². The Hall–Kier alpha value is -3.08. The molecule has 4 rings (SSSR count). The first-order valence-electron chi connectivity index (χ1n) is 9.48. The first-order chi connectivity index (χ1) is 13.3. The number of fused-ring (bicyclic) bond motifs is 1. The molecule has 1 aliphatic heterocycles. The second kappa shape index (κ2) is 6.51. The van der Waals surface area contributed by atoms with Gasteiger partial charge in [-0.2, -0.15) is 0 Å². The lowest BCUT2D eigenvalue weighted by atomic mass is 9.73. The zero-order chi connectivity index (χ0) is 20.1. The van der Waals surface area contributed by atoms with Crippen molar-refractivity contribution in [1.82, 2.24) is 0 Å². The van der Waals surface area contributed by atoms with E-state index >= 15 is 0 Å². The zero-order valence-electron chi connectivity index (χ0n) is 16.3. The summed E-state index contributed by atoms with van der Waals surface area (Å²) >= 11 is 0. The summed E-state index contributed by atoms with van der Waals surface area (Å²) in [7, 11) is 0. The van der Waals surface area contributed by atoms with Gasteiger partial charge < -0.3 is 10.4 Å². The van der Waals surface area contributed by atoms with Crippen molar-refractivity contribution in [2.45, 2.75) is 39.7 Å². The van der Waals surface area contributed by atoms with E-state index < -0.39 is 6.04 Å². The number of amides is 1. The van der Waals surface area contributed by atoms with Gasteiger partial charge in [0, 0.05) is 24.6 Å². The minimum atomic E-state index is -0.534. The van der Waals surface area contributed by atoms with Gasteiger partial charge >= 0.3 is 0 Å². The fourth-order valence-corrected chi connectivity index (χ4v) is 4.31. The number of ketones is 1. The number of nitrogens with one attached hydrogen (secondary N) is 1. The minimum absolute atomic E-state index is 0.0517. The van der Waals surface area contributed by atoms with Crippen molar-refractivity contribution < 1.29 is 14.7 Å². The molecule has 1 amide bonds. The molecule has 2 aromatic carbocycles. The number of phenols is 1. The fraction of sp³-hybridized carbons (Fsp3) is 0.304. The lowest BCUT2D eigenvalue weighted by molar-refractivity contribution is -0.118. The molecule has 5 heteroatoms. The van der Waals surface area contributed by atoms with Crippen LogP contribution in [0.2, 0.25) is 0 Å². The standard InChI is InChI=1S/C23H24N2O3/c1-14(26)25-19-7-5-4-6-17(19)24-18-12-23(2,3)13-20(28)21(18)22(25)15-8-10-16(27)11-9-15/h4-11,22,24,27H,12-13H2,1-3H3. The molecule has 0 aromatic heterocycles. The number of Topliss-reactive ketones (excluding diaryl/α,β-unsaturated/α-hetero) is 1. The SMILES string of the molecule is CC(=O)N1c2ccccc2NC2=C(C(=O)CC(C)(C)C2)C1c1ccc(O)cc1. The lowest BCUT2D eigenvalue weighted by Crippen LogP contribution is -2.38. The Morgan fingerprint density at radius 1 is 1.11 bits per heavy atom. The van der Waals surface area contributed by atoms with Gasteiger partial charge in [-0.15, -0.1) is 0 Å². The molecule has 144 valence electrons. The highest BCUT2D eigenvalue weighted by Crippen LogP contribution is 2.48. The van der Waals surface area contributed by atoms with Gasteiger partial charge in [-0.3, -0.25) is 14.5 Å². The molecule has 0 saturated carbocycles. The second-order valence-corrected chi connectivity index (χ2v) is 8.36. The molecule has 2 aliphatic rings. The number of phenolic OH excluding ortho intramolecular Hbond substituents is 1. The number of anilines is 2. The summed E-state index contributed by atoms with van der Waals surface area (Å²) in [5.41, 5.74) is 3.71. The molecule has 0 saturated heterocycles. The lowest BCUT2D eigenvalue weighted by Gasteiger charge is -2.36. The monoisotopic (exact) mass is 376 g/mol. The van der Waals surface area contributed by atoms with Gasteiger partial charge in [0.05, 0.1) is 17.4 Å². The summed E-state index contributed by atoms with van der Waals surface area (Å²) in [5, 5.41) is 13.2. The van der Waals surface area contributed by atoms with Crippen molar-refractivity contribution in [2.75, 3.05) is 10.2 Å². The van der Waals surface area contributed by atoms with Gasteiger partial charge in [-0.05, 0) is 41.7 Å². The van der Waals surface area contributed by atoms with Crippen LogP contribution in [0.5, 0.6) is 5.75 Å². The van der Waals surface area contributed by atoms with Gasteiger partial charge in [0.15, 0.2) is 5.78 Å². The van der Waals surface area contributed by atoms with Crippen LogP contribution >= 0.6 is 0 Å². The number of carbonyl (C=O) groups excluding carboxylic acids is 2. The summed E-state index contributed by atoms with van der Waals surface area (Å²) in [5.74, 6) is 0.0603. The highest BCUT2D eigenvalue weighted by molar-refractivity contribution is 6.05. The van der Waals surface area contributed by atoms with Crippen molar-refractivity contribution in [3.63, 3.8) is 0 Å². The molecule has 0 radical (unpaired) electrons. The number of carbonyl (C=O) groups is 2. The zero-order valence-corrected chi connectivity index (χ0v) is 16.3. The molecule has 1 atom stereocenters. The Labute approximate surface area is 164 Å². The summed E-state index contributed by atoms with van der Waals surface area (Å²) in [6, 6.07) is 13.8. The van der Waals surface area contributed by atoms with Crippen LogP contribution in [0.3, 0.4) is 0 Å². The molecule has 0 bridgehead atoms. The van der Waals surface area contributed by atoms with E-state index in [0.29, 0.717) is 12.0 Å². The molecule has 1 heterocycles. The Morgan fingerprint density at radius 3 is 2.46 bits per heavy atom. The van der Waals surface area contributed by atoms with Gasteiger partial charge in [0.25, 0.3) is 0 Å². The van der Waals surface area contributed by atoms with Crippen LogP contribution in [0.1, 0.15) is 45.2 Å². The first-order valence-corrected chi connectivity index (χ1v) is 9.48. The summed E-state index contributed by atoms with van der Waals surface area (Å²) in [6.45, 7) is 5.70. The Bertz CT molecular complexity index is 989. The maximum Gasteiger partial charge on any atom is 0.224 e. The predicted octanol–water partition coefficient (Wildman–Crippen LogP) is 4.56. The van der Waals surface area contributed by atoms with Crippen molar-refractivity contribution in [1.29, 1.82) is 0 Å². The molecule has 2 aromatic rings. The number of benzene rings is 2. The highest BCUT2D eigenvalue weighted by atomic mass is 16.3. The normalized spacial score (nSPS) is 20.8. The Morgan fingerprint density at radius 2 is 1.79 bits per heavy atom. The van der Waals surface area contributed by atoms with Gasteiger partial charge in [0.1, 0.15) is 5.75 Å². The highest BCUT2D eigenvalue weighted by Gasteiger charge is 2.42. The fourth-order valence-electron chi connectivity index (χ4n) is 4.31. The van der Waals surface area contributed by atoms with Crippen molar-refractivity contribution in [3.05, 3.63) is 65.4 Å². The molecular formula is C23H24N2O3. The number of para-hydroxylation sites is 2. The van der Waals surface area contributed by atoms with E-state index in [9.17, 15) is 14.7 Å². The number of aromatic hydroxyl groups is 1. The molecule has 1 aliphatic carbocycles. The molecule has 0 fully saturated rings. The van der Waals surface area contributed by atoms with Crippen LogP contribution in [-0.2, 0) is 9.59 Å². The number of hydrogen-bond donors (Lipinski definition) is 2. The van der Waals surface area contributed by atoms with Crippen molar-refractivity contribution >= 4 is 23.1 Å². The second-order valence-electron chi connectivity index (χ2n) is 8.36. The van der Waals surface area contributed by atoms with Crippen LogP contribution in [-0.4, -0.2) is 16.8 Å². The molecular weight excluding hydrogens is 352 g/mol. The van der Waals surface area contributed by atoms with Gasteiger partial charge in [0.2, 0.25) is 5.91 Å². The Kier molecular flexibility index (Phi) is 4.26. The van der Waals surface area contributed by atoms with Gasteiger partial charge in [-0.25, -0.2) is 0 Å². The molecule has 2 N–H and O–H groups in total. The van der Waals surface area contributed by atoms with E-state index in [-0.39, 0.29) is 22.9 Å². The quantitative estimate of drug-likeness (QED) is 0.766. The first kappa shape index (κ1) is 18.3. The number of allylic oxidation sites excluding steroid dienone is 1. The largest absolute Gasteiger partial charge is 0.508 e. The summed E-state index contributed by atoms with van der Waals surface area (Å²) in [4.78, 5) is 27.8. The summed E-state index contributed by atoms with van der Waals surface area (Å²) in [6.07, 6.45) is 1.16. The van der Waals surface area contributed by atoms with Crippen LogP contribution in [0.25, 0.3) is 0 Å². The van der Waals surface area contributed by atoms with Crippen LogP contribution in [0.4, 0.5) is 11.4 Å². The van der Waals surface area contributed by atoms with E-state index in [1.165, 1.54) is 6.92 Å². The topological polar surface area (TPSA) is 69.6 Å². The number of rotatable bonds is 1. The van der Waals surface area contributed by atoms with E-state index in [1.807, 2.05) is 24.3 Å². The summed E-state index contributed by atoms with van der Waals surface area (Å²) < 4.78 is 0. The molecule has 1 unspecified atom stereocenters. The average Bonchev–Trinajstić information content (AvgIpc) is 2.75. The maximum absolute atomic E-state index is 13.3. The van der Waals surface area contributed by atoms with E-state index in [4.69, 9.17) is 0 Å². The number of hydrogen-bond acceptors (Lipinski definition) is 4. The van der Waals surface area contributed by atoms with Crippen molar-refractivity contribution in [2.24, 2.45) is 5.41 Å². The average molecular weight is 376 g/mol. The third-order valence-corrected chi connectivity index (χ3v) is 5.45. The van der Waals surface area contributed by atoms with E-state index in [2.05, 4.69) is 19.2 Å². The smallest absolute Gasteiger partial charge is 0.224 e. The maximum atomic E-state index is 13.3. The van der Waals surface area contributed by atoms with Crippen molar-refractivity contribution in [3.8, 4) is 5.75 Å². The van der Waals surface area contributed by atoms with Crippen LogP contribution in [0.15, 0.2) is 59.8 Å². The number of nitrogens with zero attached hydrogens (tertiary/aromatic N) is 1. The van der Waals surface area contributed by atoms with E-state index in [1.54, 1.807) is 29.2 Å². The minimum Gasteiger partial charge on any atom is -0.508 e. The van der Waals surface area contributed by atoms with Crippen LogP contribution < -0.4 is 10.2 Å². The van der Waals surface area contributed by atoms with Crippen LogP contribution in [0, 0.1) is 5.41 Å². The third-order valence-electron chi connectivity index (χ3n) is 5.45. The van der Waals surface area contributed by atoms with E-state index in [0.717, 1.165) is 29.1 Å². The third kappa shape index (κ3) is 3.07. The molecule has 0 spiro atoms. The predicted molar refractivity (Wildman–Crippen MR) is 109 cm³/mol. The Balaban J connectivity index is 2.00.